The molecule has 0 saturated carbocycles. The molecule has 0 radical (unpaired) electrons. The van der Waals surface area contributed by atoms with Crippen LogP contribution in [0, 0.1) is 0 Å². The molecule has 2 N–H and O–H groups in total. The Hall–Kier alpha value is -2.63. The van der Waals surface area contributed by atoms with E-state index in [2.05, 4.69) is 15.6 Å². The van der Waals surface area contributed by atoms with Gasteiger partial charge in [0.1, 0.15) is 6.04 Å². The Morgan fingerprint density at radius 2 is 2.25 bits per heavy atom. The SMILES string of the molecule is O=C1CCC(C(=O)Nc2ccccc2-n2ccnc2)N1. The quantitative estimate of drug-likeness (QED) is 0.876. The molecule has 20 heavy (non-hydrogen) atoms. The molecule has 0 spiro atoms. The van der Waals surface area contributed by atoms with Gasteiger partial charge in [-0.2, -0.15) is 0 Å². The van der Waals surface area contributed by atoms with Gasteiger partial charge in [-0.1, -0.05) is 12.1 Å². The number of hydrogen-bond acceptors (Lipinski definition) is 3. The third-order valence-corrected chi connectivity index (χ3v) is 3.26. The number of aromatic nitrogens is 2. The maximum absolute atomic E-state index is 12.1. The number of rotatable bonds is 3. The molecule has 6 nitrogen and oxygen atoms in total. The molecule has 1 aromatic heterocycles. The molecule has 2 amide bonds. The lowest BCUT2D eigenvalue weighted by Crippen LogP contribution is -2.37. The van der Waals surface area contributed by atoms with Crippen LogP contribution < -0.4 is 10.6 Å². The number of imidazole rings is 1. The van der Waals surface area contributed by atoms with E-state index in [1.807, 2.05) is 35.0 Å². The van der Waals surface area contributed by atoms with E-state index < -0.39 is 6.04 Å². The van der Waals surface area contributed by atoms with Gasteiger partial charge in [-0.15, -0.1) is 0 Å². The first-order valence-electron chi connectivity index (χ1n) is 6.41. The first kappa shape index (κ1) is 12.4. The smallest absolute Gasteiger partial charge is 0.247 e. The van der Waals surface area contributed by atoms with Crippen molar-refractivity contribution < 1.29 is 9.59 Å². The zero-order valence-electron chi connectivity index (χ0n) is 10.7. The maximum Gasteiger partial charge on any atom is 0.247 e. The molecule has 102 valence electrons. The summed E-state index contributed by atoms with van der Waals surface area (Å²) in [5.74, 6) is -0.267. The summed E-state index contributed by atoms with van der Waals surface area (Å²) in [5.41, 5.74) is 1.53. The Morgan fingerprint density at radius 1 is 1.40 bits per heavy atom. The summed E-state index contributed by atoms with van der Waals surface area (Å²) in [4.78, 5) is 27.3. The zero-order valence-corrected chi connectivity index (χ0v) is 10.7. The predicted molar refractivity (Wildman–Crippen MR) is 73.4 cm³/mol. The molecule has 1 unspecified atom stereocenters. The number of hydrogen-bond donors (Lipinski definition) is 2. The van der Waals surface area contributed by atoms with Crippen LogP contribution in [-0.2, 0) is 9.59 Å². The maximum atomic E-state index is 12.1. The molecule has 6 heteroatoms. The second-order valence-corrected chi connectivity index (χ2v) is 4.64. The standard InChI is InChI=1S/C14H14N4O2/c19-13-6-5-11(16-13)14(20)17-10-3-1-2-4-12(10)18-8-7-15-9-18/h1-4,7-9,11H,5-6H2,(H,16,19)(H,17,20). The molecule has 0 bridgehead atoms. The van der Waals surface area contributed by atoms with Crippen LogP contribution in [0.1, 0.15) is 12.8 Å². The molecular formula is C14H14N4O2. The van der Waals surface area contributed by atoms with Gasteiger partial charge in [0.05, 0.1) is 17.7 Å². The van der Waals surface area contributed by atoms with E-state index in [-0.39, 0.29) is 11.8 Å². The summed E-state index contributed by atoms with van der Waals surface area (Å²) < 4.78 is 1.82. The normalized spacial score (nSPS) is 17.8. The van der Waals surface area contributed by atoms with Crippen LogP contribution in [0.2, 0.25) is 0 Å². The minimum atomic E-state index is -0.446. The Morgan fingerprint density at radius 3 is 2.95 bits per heavy atom. The summed E-state index contributed by atoms with van der Waals surface area (Å²) >= 11 is 0. The highest BCUT2D eigenvalue weighted by molar-refractivity contribution is 6.00. The largest absolute Gasteiger partial charge is 0.344 e. The number of carbonyl (C=O) groups is 2. The van der Waals surface area contributed by atoms with Gasteiger partial charge >= 0.3 is 0 Å². The van der Waals surface area contributed by atoms with Crippen molar-refractivity contribution in [1.29, 1.82) is 0 Å². The van der Waals surface area contributed by atoms with Crippen LogP contribution in [0.15, 0.2) is 43.0 Å². The van der Waals surface area contributed by atoms with Crippen molar-refractivity contribution in [3.63, 3.8) is 0 Å². The van der Waals surface area contributed by atoms with E-state index in [9.17, 15) is 9.59 Å². The fraction of sp³-hybridized carbons (Fsp3) is 0.214. The molecule has 2 aromatic rings. The number of para-hydroxylation sites is 2. The fourth-order valence-electron chi connectivity index (χ4n) is 2.24. The second-order valence-electron chi connectivity index (χ2n) is 4.64. The Labute approximate surface area is 115 Å². The van der Waals surface area contributed by atoms with E-state index in [4.69, 9.17) is 0 Å². The number of nitrogens with zero attached hydrogens (tertiary/aromatic N) is 2. The van der Waals surface area contributed by atoms with Crippen LogP contribution in [0.3, 0.4) is 0 Å². The van der Waals surface area contributed by atoms with Crippen LogP contribution >= 0.6 is 0 Å². The topological polar surface area (TPSA) is 76.0 Å². The molecule has 1 aromatic carbocycles. The van der Waals surface area contributed by atoms with Crippen molar-refractivity contribution in [3.8, 4) is 5.69 Å². The first-order chi connectivity index (χ1) is 9.74. The van der Waals surface area contributed by atoms with Crippen LogP contribution in [0.5, 0.6) is 0 Å². The summed E-state index contributed by atoms with van der Waals surface area (Å²) in [5, 5.41) is 5.52. The van der Waals surface area contributed by atoms with E-state index in [1.54, 1.807) is 12.5 Å². The highest BCUT2D eigenvalue weighted by Crippen LogP contribution is 2.20. The average molecular weight is 270 g/mol. The average Bonchev–Trinajstić information content (AvgIpc) is 3.10. The van der Waals surface area contributed by atoms with Gasteiger partial charge in [-0.3, -0.25) is 9.59 Å². The summed E-state index contributed by atoms with van der Waals surface area (Å²) in [6, 6.07) is 7.01. The summed E-state index contributed by atoms with van der Waals surface area (Å²) in [7, 11) is 0. The molecule has 1 atom stereocenters. The zero-order chi connectivity index (χ0) is 13.9. The lowest BCUT2D eigenvalue weighted by atomic mass is 10.2. The number of anilines is 1. The molecule has 1 aliphatic heterocycles. The van der Waals surface area contributed by atoms with Gasteiger partial charge < -0.3 is 15.2 Å². The highest BCUT2D eigenvalue weighted by atomic mass is 16.2. The van der Waals surface area contributed by atoms with Crippen molar-refractivity contribution in [1.82, 2.24) is 14.9 Å². The lowest BCUT2D eigenvalue weighted by Gasteiger charge is -2.14. The number of amides is 2. The second kappa shape index (κ2) is 5.16. The first-order valence-corrected chi connectivity index (χ1v) is 6.41. The number of carbonyl (C=O) groups excluding carboxylic acids is 2. The predicted octanol–water partition coefficient (Wildman–Crippen LogP) is 1.09. The Bertz CT molecular complexity index is 636. The van der Waals surface area contributed by atoms with Crippen molar-refractivity contribution in [2.75, 3.05) is 5.32 Å². The molecule has 2 heterocycles. The van der Waals surface area contributed by atoms with E-state index >= 15 is 0 Å². The number of nitrogens with one attached hydrogen (secondary N) is 2. The molecule has 1 aliphatic rings. The number of benzene rings is 1. The van der Waals surface area contributed by atoms with Gasteiger partial charge in [0, 0.05) is 18.8 Å². The lowest BCUT2D eigenvalue weighted by molar-refractivity contribution is -0.122. The monoisotopic (exact) mass is 270 g/mol. The van der Waals surface area contributed by atoms with Crippen molar-refractivity contribution in [2.24, 2.45) is 0 Å². The van der Waals surface area contributed by atoms with Gasteiger partial charge in [0.25, 0.3) is 0 Å². The minimum absolute atomic E-state index is 0.0759. The fourth-order valence-corrected chi connectivity index (χ4v) is 2.24. The van der Waals surface area contributed by atoms with Crippen molar-refractivity contribution in [3.05, 3.63) is 43.0 Å². The van der Waals surface area contributed by atoms with E-state index in [1.165, 1.54) is 0 Å². The van der Waals surface area contributed by atoms with Gasteiger partial charge in [0.15, 0.2) is 0 Å². The summed E-state index contributed by atoms with van der Waals surface area (Å²) in [6.07, 6.45) is 6.10. The van der Waals surface area contributed by atoms with Crippen molar-refractivity contribution >= 4 is 17.5 Å². The Kier molecular flexibility index (Phi) is 3.20. The molecular weight excluding hydrogens is 256 g/mol. The van der Waals surface area contributed by atoms with Crippen LogP contribution in [-0.4, -0.2) is 27.4 Å². The molecule has 1 fully saturated rings. The van der Waals surface area contributed by atoms with E-state index in [0.29, 0.717) is 18.5 Å². The molecule has 0 aliphatic carbocycles. The van der Waals surface area contributed by atoms with Crippen LogP contribution in [0.25, 0.3) is 5.69 Å². The van der Waals surface area contributed by atoms with Gasteiger partial charge in [-0.05, 0) is 18.6 Å². The highest BCUT2D eigenvalue weighted by Gasteiger charge is 2.27. The van der Waals surface area contributed by atoms with Gasteiger partial charge in [0.2, 0.25) is 11.8 Å². The Balaban J connectivity index is 1.81. The van der Waals surface area contributed by atoms with Gasteiger partial charge in [-0.25, -0.2) is 4.98 Å². The molecule has 3 rings (SSSR count). The van der Waals surface area contributed by atoms with Crippen molar-refractivity contribution in [2.45, 2.75) is 18.9 Å². The van der Waals surface area contributed by atoms with Crippen LogP contribution in [0.4, 0.5) is 5.69 Å². The minimum Gasteiger partial charge on any atom is -0.344 e. The molecule has 1 saturated heterocycles. The van der Waals surface area contributed by atoms with E-state index in [0.717, 1.165) is 5.69 Å². The third kappa shape index (κ3) is 2.40. The third-order valence-electron chi connectivity index (χ3n) is 3.26. The summed E-state index contributed by atoms with van der Waals surface area (Å²) in [6.45, 7) is 0.